The van der Waals surface area contributed by atoms with E-state index in [1.54, 1.807) is 12.1 Å². The normalized spacial score (nSPS) is 11.6. The van der Waals surface area contributed by atoms with Gasteiger partial charge < -0.3 is 0 Å². The molecule has 2 rings (SSSR count). The average Bonchev–Trinajstić information content (AvgIpc) is 2.87. The van der Waals surface area contributed by atoms with Crippen LogP contribution in [0.5, 0.6) is 0 Å². The summed E-state index contributed by atoms with van der Waals surface area (Å²) in [5.41, 5.74) is 3.26. The van der Waals surface area contributed by atoms with E-state index in [9.17, 15) is 8.42 Å². The fourth-order valence-electron chi connectivity index (χ4n) is 1.62. The van der Waals surface area contributed by atoms with E-state index in [0.717, 1.165) is 19.9 Å². The molecule has 0 unspecified atom stereocenters. The zero-order valence-electron chi connectivity index (χ0n) is 10.6. The van der Waals surface area contributed by atoms with Crippen molar-refractivity contribution in [2.45, 2.75) is 18.7 Å². The molecule has 0 fully saturated rings. The van der Waals surface area contributed by atoms with Crippen LogP contribution >= 0.6 is 27.3 Å². The van der Waals surface area contributed by atoms with Crippen molar-refractivity contribution in [3.05, 3.63) is 33.2 Å². The van der Waals surface area contributed by atoms with Crippen molar-refractivity contribution in [2.75, 3.05) is 11.4 Å². The summed E-state index contributed by atoms with van der Waals surface area (Å²) in [4.78, 5) is 0.253. The Bertz CT molecular complexity index is 676. The third kappa shape index (κ3) is 2.65. The van der Waals surface area contributed by atoms with Crippen LogP contribution in [-0.2, 0) is 10.0 Å². The highest BCUT2D eigenvalue weighted by Crippen LogP contribution is 2.28. The number of sulfonamides is 1. The number of hydrogen-bond acceptors (Lipinski definition) is 5. The molecule has 102 valence electrons. The number of rotatable bonds is 3. The Kier molecular flexibility index (Phi) is 3.93. The lowest BCUT2D eigenvalue weighted by Crippen LogP contribution is -2.26. The maximum atomic E-state index is 12.5. The van der Waals surface area contributed by atoms with E-state index in [1.165, 1.54) is 23.9 Å². The van der Waals surface area contributed by atoms with E-state index in [0.29, 0.717) is 5.13 Å². The third-order valence-corrected chi connectivity index (χ3v) is 6.54. The molecule has 0 atom stereocenters. The number of aromatic nitrogens is 2. The van der Waals surface area contributed by atoms with E-state index in [4.69, 9.17) is 0 Å². The lowest BCUT2D eigenvalue weighted by molar-refractivity contribution is 0.594. The maximum Gasteiger partial charge on any atom is 0.265 e. The molecule has 0 bridgehead atoms. The van der Waals surface area contributed by atoms with E-state index in [2.05, 4.69) is 26.1 Å². The molecule has 0 saturated carbocycles. The molecule has 0 aliphatic carbocycles. The zero-order valence-corrected chi connectivity index (χ0v) is 13.8. The molecule has 0 aliphatic heterocycles. The summed E-state index contributed by atoms with van der Waals surface area (Å²) in [7, 11) is -2.13. The Balaban J connectivity index is 2.51. The molecule has 1 aromatic heterocycles. The minimum absolute atomic E-state index is 0.253. The number of anilines is 1. The van der Waals surface area contributed by atoms with Gasteiger partial charge in [0.25, 0.3) is 10.0 Å². The topological polar surface area (TPSA) is 63.2 Å². The van der Waals surface area contributed by atoms with E-state index < -0.39 is 10.0 Å². The lowest BCUT2D eigenvalue weighted by Gasteiger charge is -2.17. The van der Waals surface area contributed by atoms with Gasteiger partial charge in [0.15, 0.2) is 0 Å². The molecule has 0 radical (unpaired) electrons. The Morgan fingerprint density at radius 1 is 1.26 bits per heavy atom. The van der Waals surface area contributed by atoms with E-state index >= 15 is 0 Å². The van der Waals surface area contributed by atoms with Crippen LogP contribution in [0.15, 0.2) is 27.0 Å². The molecule has 0 aliphatic rings. The molecule has 19 heavy (non-hydrogen) atoms. The van der Waals surface area contributed by atoms with Crippen molar-refractivity contribution < 1.29 is 8.42 Å². The molecular weight excluding hydrogens is 350 g/mol. The van der Waals surface area contributed by atoms with E-state index in [1.807, 2.05) is 13.8 Å². The number of benzene rings is 1. The van der Waals surface area contributed by atoms with Gasteiger partial charge in [-0.2, -0.15) is 0 Å². The van der Waals surface area contributed by atoms with Gasteiger partial charge in [-0.3, -0.25) is 0 Å². The predicted molar refractivity (Wildman–Crippen MR) is 79.1 cm³/mol. The van der Waals surface area contributed by atoms with Gasteiger partial charge in [-0.25, -0.2) is 12.7 Å². The van der Waals surface area contributed by atoms with Gasteiger partial charge in [0, 0.05) is 11.5 Å². The summed E-state index contributed by atoms with van der Waals surface area (Å²) >= 11 is 4.61. The summed E-state index contributed by atoms with van der Waals surface area (Å²) in [6.45, 7) is 3.72. The Hall–Kier alpha value is -0.990. The second-order valence-corrected chi connectivity index (χ2v) is 7.64. The Labute approximate surface area is 124 Å². The second kappa shape index (κ2) is 5.18. The number of nitrogens with zero attached hydrogens (tertiary/aromatic N) is 3. The fraction of sp³-hybridized carbons (Fsp3) is 0.273. The van der Waals surface area contributed by atoms with Crippen molar-refractivity contribution in [1.29, 1.82) is 0 Å². The first kappa shape index (κ1) is 14.4. The molecule has 8 heteroatoms. The van der Waals surface area contributed by atoms with Gasteiger partial charge in [-0.1, -0.05) is 27.3 Å². The summed E-state index contributed by atoms with van der Waals surface area (Å²) in [5, 5.41) is 7.78. The Morgan fingerprint density at radius 2 is 1.84 bits per heavy atom. The van der Waals surface area contributed by atoms with Crippen molar-refractivity contribution in [2.24, 2.45) is 0 Å². The van der Waals surface area contributed by atoms with Gasteiger partial charge in [-0.15, -0.1) is 10.2 Å². The van der Waals surface area contributed by atoms with Crippen LogP contribution in [0.3, 0.4) is 0 Å². The zero-order chi connectivity index (χ0) is 14.2. The van der Waals surface area contributed by atoms with Crippen LogP contribution in [0.4, 0.5) is 5.13 Å². The molecule has 0 amide bonds. The highest BCUT2D eigenvalue weighted by atomic mass is 79.9. The third-order valence-electron chi connectivity index (χ3n) is 2.69. The quantitative estimate of drug-likeness (QED) is 0.842. The molecule has 0 saturated heterocycles. The SMILES string of the molecule is Cc1cc(S(=O)(=O)N(C)c2nncs2)cc(C)c1Br. The smallest absolute Gasteiger partial charge is 0.243 e. The second-order valence-electron chi connectivity index (χ2n) is 4.06. The summed E-state index contributed by atoms with van der Waals surface area (Å²) in [6.07, 6.45) is 0. The van der Waals surface area contributed by atoms with Gasteiger partial charge in [-0.05, 0) is 37.1 Å². The number of hydrogen-bond donors (Lipinski definition) is 0. The van der Waals surface area contributed by atoms with Crippen LogP contribution < -0.4 is 4.31 Å². The minimum Gasteiger partial charge on any atom is -0.243 e. The summed E-state index contributed by atoms with van der Waals surface area (Å²) in [5.74, 6) is 0. The monoisotopic (exact) mass is 361 g/mol. The van der Waals surface area contributed by atoms with Gasteiger partial charge >= 0.3 is 0 Å². The van der Waals surface area contributed by atoms with Crippen molar-refractivity contribution in [3.8, 4) is 0 Å². The largest absolute Gasteiger partial charge is 0.265 e. The first-order valence-corrected chi connectivity index (χ1v) is 8.47. The van der Waals surface area contributed by atoms with Crippen LogP contribution in [0, 0.1) is 13.8 Å². The highest BCUT2D eigenvalue weighted by molar-refractivity contribution is 9.10. The van der Waals surface area contributed by atoms with Gasteiger partial charge in [0.2, 0.25) is 5.13 Å². The number of halogens is 1. The molecule has 1 heterocycles. The standard InChI is InChI=1S/C11H12BrN3O2S2/c1-7-4-9(5-8(2)10(7)12)19(16,17)15(3)11-14-13-6-18-11/h4-6H,1-3H3. The molecule has 1 aromatic carbocycles. The van der Waals surface area contributed by atoms with Crippen LogP contribution in [-0.4, -0.2) is 25.7 Å². The minimum atomic E-state index is -3.60. The first-order valence-electron chi connectivity index (χ1n) is 5.36. The van der Waals surface area contributed by atoms with Crippen LogP contribution in [0.25, 0.3) is 0 Å². The molecule has 0 spiro atoms. The van der Waals surface area contributed by atoms with Gasteiger partial charge in [0.05, 0.1) is 4.90 Å². The molecule has 5 nitrogen and oxygen atoms in total. The van der Waals surface area contributed by atoms with Crippen molar-refractivity contribution in [1.82, 2.24) is 10.2 Å². The fourth-order valence-corrected chi connectivity index (χ4v) is 3.91. The highest BCUT2D eigenvalue weighted by Gasteiger charge is 2.24. The van der Waals surface area contributed by atoms with Crippen molar-refractivity contribution >= 4 is 42.4 Å². The molecule has 0 N–H and O–H groups in total. The number of aryl methyl sites for hydroxylation is 2. The average molecular weight is 362 g/mol. The summed E-state index contributed by atoms with van der Waals surface area (Å²) < 4.78 is 27.1. The lowest BCUT2D eigenvalue weighted by atomic mass is 10.2. The van der Waals surface area contributed by atoms with Crippen LogP contribution in [0.2, 0.25) is 0 Å². The first-order chi connectivity index (χ1) is 8.84. The van der Waals surface area contributed by atoms with Crippen LogP contribution in [0.1, 0.15) is 11.1 Å². The molecular formula is C11H12BrN3O2S2. The van der Waals surface area contributed by atoms with Gasteiger partial charge in [0.1, 0.15) is 5.51 Å². The molecule has 2 aromatic rings. The maximum absolute atomic E-state index is 12.5. The Morgan fingerprint density at radius 3 is 2.32 bits per heavy atom. The summed E-state index contributed by atoms with van der Waals surface area (Å²) in [6, 6.07) is 3.29. The van der Waals surface area contributed by atoms with Crippen molar-refractivity contribution in [3.63, 3.8) is 0 Å². The predicted octanol–water partition coefficient (Wildman–Crippen LogP) is 2.74. The van der Waals surface area contributed by atoms with E-state index in [-0.39, 0.29) is 4.90 Å².